The van der Waals surface area contributed by atoms with E-state index < -0.39 is 0 Å². The fraction of sp³-hybridized carbons (Fsp3) is 0.643. The van der Waals surface area contributed by atoms with Gasteiger partial charge in [0.2, 0.25) is 0 Å². The van der Waals surface area contributed by atoms with Crippen molar-refractivity contribution in [1.82, 2.24) is 4.57 Å². The van der Waals surface area contributed by atoms with Crippen molar-refractivity contribution in [2.75, 3.05) is 0 Å². The Labute approximate surface area is 97.7 Å². The van der Waals surface area contributed by atoms with Crippen molar-refractivity contribution in [3.05, 3.63) is 23.5 Å². The summed E-state index contributed by atoms with van der Waals surface area (Å²) in [6.07, 6.45) is 4.91. The SMILES string of the molecule is CC(C)C(C)Cn1ccc2c1CCCC2=O. The first-order valence-corrected chi connectivity index (χ1v) is 6.30. The van der Waals surface area contributed by atoms with Crippen LogP contribution in [0.15, 0.2) is 12.3 Å². The highest BCUT2D eigenvalue weighted by Crippen LogP contribution is 2.24. The molecule has 1 aliphatic carbocycles. The van der Waals surface area contributed by atoms with Crippen molar-refractivity contribution in [3.8, 4) is 0 Å². The number of nitrogens with zero attached hydrogens (tertiary/aromatic N) is 1. The van der Waals surface area contributed by atoms with Crippen molar-refractivity contribution in [3.63, 3.8) is 0 Å². The molecule has 0 N–H and O–H groups in total. The van der Waals surface area contributed by atoms with Crippen LogP contribution in [0.1, 0.15) is 49.7 Å². The van der Waals surface area contributed by atoms with Crippen molar-refractivity contribution in [1.29, 1.82) is 0 Å². The van der Waals surface area contributed by atoms with E-state index in [-0.39, 0.29) is 0 Å². The van der Waals surface area contributed by atoms with Gasteiger partial charge in [-0.3, -0.25) is 4.79 Å². The van der Waals surface area contributed by atoms with E-state index >= 15 is 0 Å². The highest BCUT2D eigenvalue weighted by molar-refractivity contribution is 5.98. The van der Waals surface area contributed by atoms with E-state index in [0.29, 0.717) is 17.6 Å². The van der Waals surface area contributed by atoms with E-state index in [9.17, 15) is 4.79 Å². The lowest BCUT2D eigenvalue weighted by Gasteiger charge is -2.20. The second kappa shape index (κ2) is 4.44. The van der Waals surface area contributed by atoms with Gasteiger partial charge < -0.3 is 4.57 Å². The quantitative estimate of drug-likeness (QED) is 0.764. The molecular weight excluding hydrogens is 198 g/mol. The van der Waals surface area contributed by atoms with Crippen molar-refractivity contribution in [2.24, 2.45) is 11.8 Å². The third-order valence-corrected chi connectivity index (χ3v) is 3.82. The summed E-state index contributed by atoms with van der Waals surface area (Å²) in [4.78, 5) is 11.7. The van der Waals surface area contributed by atoms with Crippen molar-refractivity contribution in [2.45, 2.75) is 46.6 Å². The monoisotopic (exact) mass is 219 g/mol. The molecule has 2 rings (SSSR count). The van der Waals surface area contributed by atoms with Crippen LogP contribution in [0, 0.1) is 11.8 Å². The molecule has 0 radical (unpaired) electrons. The fourth-order valence-electron chi connectivity index (χ4n) is 2.28. The molecule has 1 aromatic heterocycles. The molecule has 1 unspecified atom stereocenters. The standard InChI is InChI=1S/C14H21NO/c1-10(2)11(3)9-15-8-7-12-13(15)5-4-6-14(12)16/h7-8,10-11H,4-6,9H2,1-3H3. The second-order valence-electron chi connectivity index (χ2n) is 5.33. The third-order valence-electron chi connectivity index (χ3n) is 3.82. The van der Waals surface area contributed by atoms with Crippen LogP contribution < -0.4 is 0 Å². The normalized spacial score (nSPS) is 17.6. The average molecular weight is 219 g/mol. The maximum absolute atomic E-state index is 11.7. The lowest BCUT2D eigenvalue weighted by molar-refractivity contribution is 0.0971. The fourth-order valence-corrected chi connectivity index (χ4v) is 2.28. The average Bonchev–Trinajstić information content (AvgIpc) is 2.63. The zero-order chi connectivity index (χ0) is 11.7. The van der Waals surface area contributed by atoms with E-state index in [1.807, 2.05) is 6.07 Å². The van der Waals surface area contributed by atoms with Crippen LogP contribution in [0.3, 0.4) is 0 Å². The van der Waals surface area contributed by atoms with Crippen LogP contribution in [0.25, 0.3) is 0 Å². The van der Waals surface area contributed by atoms with Gasteiger partial charge >= 0.3 is 0 Å². The van der Waals surface area contributed by atoms with E-state index in [2.05, 4.69) is 31.5 Å². The van der Waals surface area contributed by atoms with Gasteiger partial charge in [-0.1, -0.05) is 20.8 Å². The summed E-state index contributed by atoms with van der Waals surface area (Å²) < 4.78 is 2.29. The number of carbonyl (C=O) groups excluding carboxylic acids is 1. The maximum Gasteiger partial charge on any atom is 0.164 e. The number of hydrogen-bond donors (Lipinski definition) is 0. The molecule has 1 heterocycles. The van der Waals surface area contributed by atoms with Gasteiger partial charge in [-0.2, -0.15) is 0 Å². The number of fused-ring (bicyclic) bond motifs is 1. The molecule has 0 aromatic carbocycles. The summed E-state index contributed by atoms with van der Waals surface area (Å²) in [5.74, 6) is 1.68. The van der Waals surface area contributed by atoms with E-state index in [4.69, 9.17) is 0 Å². The maximum atomic E-state index is 11.7. The molecule has 16 heavy (non-hydrogen) atoms. The first-order valence-electron chi connectivity index (χ1n) is 6.30. The molecule has 1 aliphatic rings. The van der Waals surface area contributed by atoms with Crippen LogP contribution in [0.2, 0.25) is 0 Å². The number of Topliss-reactive ketones (excluding diaryl/α,β-unsaturated/α-hetero) is 1. The van der Waals surface area contributed by atoms with Crippen LogP contribution >= 0.6 is 0 Å². The Kier molecular flexibility index (Phi) is 3.17. The van der Waals surface area contributed by atoms with Gasteiger partial charge in [0.15, 0.2) is 5.78 Å². The molecule has 0 saturated heterocycles. The summed E-state index contributed by atoms with van der Waals surface area (Å²) >= 11 is 0. The Hall–Kier alpha value is -1.05. The molecule has 0 fully saturated rings. The minimum absolute atomic E-state index is 0.331. The minimum atomic E-state index is 0.331. The van der Waals surface area contributed by atoms with Crippen LogP contribution in [0.5, 0.6) is 0 Å². The summed E-state index contributed by atoms with van der Waals surface area (Å²) in [6, 6.07) is 2.00. The molecule has 0 aliphatic heterocycles. The zero-order valence-corrected chi connectivity index (χ0v) is 10.5. The molecule has 2 heteroatoms. The molecule has 0 amide bonds. The van der Waals surface area contributed by atoms with E-state index in [0.717, 1.165) is 31.4 Å². The highest BCUT2D eigenvalue weighted by Gasteiger charge is 2.21. The van der Waals surface area contributed by atoms with Gasteiger partial charge in [0.1, 0.15) is 0 Å². The smallest absolute Gasteiger partial charge is 0.164 e. The number of carbonyl (C=O) groups is 1. The van der Waals surface area contributed by atoms with Gasteiger partial charge in [-0.15, -0.1) is 0 Å². The third kappa shape index (κ3) is 2.06. The number of rotatable bonds is 3. The Morgan fingerprint density at radius 3 is 2.75 bits per heavy atom. The van der Waals surface area contributed by atoms with Gasteiger partial charge in [0.05, 0.1) is 0 Å². The number of hydrogen-bond acceptors (Lipinski definition) is 1. The van der Waals surface area contributed by atoms with Crippen LogP contribution in [-0.4, -0.2) is 10.4 Å². The summed E-state index contributed by atoms with van der Waals surface area (Å²) in [5.41, 5.74) is 2.24. The Morgan fingerprint density at radius 2 is 2.06 bits per heavy atom. The first-order chi connectivity index (χ1) is 7.59. The van der Waals surface area contributed by atoms with Crippen LogP contribution in [-0.2, 0) is 13.0 Å². The number of ketones is 1. The Morgan fingerprint density at radius 1 is 1.31 bits per heavy atom. The molecule has 88 valence electrons. The van der Waals surface area contributed by atoms with Crippen LogP contribution in [0.4, 0.5) is 0 Å². The lowest BCUT2D eigenvalue weighted by Crippen LogP contribution is -2.17. The molecule has 1 atom stereocenters. The topological polar surface area (TPSA) is 22.0 Å². The minimum Gasteiger partial charge on any atom is -0.350 e. The molecule has 0 spiro atoms. The van der Waals surface area contributed by atoms with Crippen molar-refractivity contribution < 1.29 is 4.79 Å². The molecule has 0 bridgehead atoms. The predicted molar refractivity (Wildman–Crippen MR) is 65.7 cm³/mol. The first kappa shape index (κ1) is 11.4. The number of aromatic nitrogens is 1. The highest BCUT2D eigenvalue weighted by atomic mass is 16.1. The lowest BCUT2D eigenvalue weighted by atomic mass is 9.95. The van der Waals surface area contributed by atoms with Gasteiger partial charge in [0.25, 0.3) is 0 Å². The van der Waals surface area contributed by atoms with E-state index in [1.54, 1.807) is 0 Å². The summed E-state index contributed by atoms with van der Waals surface area (Å²) in [6.45, 7) is 7.83. The second-order valence-corrected chi connectivity index (χ2v) is 5.33. The molecule has 2 nitrogen and oxygen atoms in total. The van der Waals surface area contributed by atoms with Gasteiger partial charge in [-0.25, -0.2) is 0 Å². The van der Waals surface area contributed by atoms with Crippen molar-refractivity contribution >= 4 is 5.78 Å². The van der Waals surface area contributed by atoms with E-state index in [1.165, 1.54) is 5.69 Å². The Bertz CT molecular complexity index is 389. The molecule has 0 saturated carbocycles. The molecule has 1 aromatic rings. The predicted octanol–water partition coefficient (Wildman–Crippen LogP) is 3.30. The Balaban J connectivity index is 2.20. The largest absolute Gasteiger partial charge is 0.350 e. The summed E-state index contributed by atoms with van der Waals surface area (Å²) in [5, 5.41) is 0. The zero-order valence-electron chi connectivity index (χ0n) is 10.5. The van der Waals surface area contributed by atoms with Gasteiger partial charge in [0, 0.05) is 30.4 Å². The van der Waals surface area contributed by atoms with Gasteiger partial charge in [-0.05, 0) is 30.7 Å². The summed E-state index contributed by atoms with van der Waals surface area (Å²) in [7, 11) is 0. The molecular formula is C14H21NO.